The Morgan fingerprint density at radius 1 is 1.23 bits per heavy atom. The van der Waals surface area contributed by atoms with Crippen LogP contribution in [0, 0.1) is 6.92 Å². The molecule has 9 heteroatoms. The number of aromatic nitrogens is 5. The summed E-state index contributed by atoms with van der Waals surface area (Å²) in [5.41, 5.74) is 3.16. The van der Waals surface area contributed by atoms with Gasteiger partial charge in [-0.25, -0.2) is 9.97 Å². The highest BCUT2D eigenvalue weighted by atomic mass is 35.5. The highest BCUT2D eigenvalue weighted by Crippen LogP contribution is 2.31. The fourth-order valence-corrected chi connectivity index (χ4v) is 4.43. The summed E-state index contributed by atoms with van der Waals surface area (Å²) in [6.45, 7) is 4.50. The second-order valence-electron chi connectivity index (χ2n) is 8.54. The van der Waals surface area contributed by atoms with E-state index in [0.717, 1.165) is 55.7 Å². The lowest BCUT2D eigenvalue weighted by molar-refractivity contribution is 0.0196. The number of anilines is 1. The molecule has 1 fully saturated rings. The van der Waals surface area contributed by atoms with Crippen molar-refractivity contribution < 1.29 is 9.84 Å². The largest absolute Gasteiger partial charge is 0.476 e. The van der Waals surface area contributed by atoms with Crippen molar-refractivity contribution in [1.82, 2.24) is 24.6 Å². The Balaban J connectivity index is 1.50. The van der Waals surface area contributed by atoms with Crippen LogP contribution in [0.2, 0.25) is 5.15 Å². The highest BCUT2D eigenvalue weighted by Gasteiger charge is 2.29. The van der Waals surface area contributed by atoms with Crippen LogP contribution in [0.5, 0.6) is 5.88 Å². The van der Waals surface area contributed by atoms with Crippen LogP contribution in [-0.2, 0) is 6.42 Å². The fraction of sp³-hybridized carbons (Fsp3) is 0.524. The van der Waals surface area contributed by atoms with Crippen molar-refractivity contribution in [3.05, 3.63) is 28.7 Å². The smallest absolute Gasteiger partial charge is 0.236 e. The molecule has 2 N–H and O–H groups in total. The van der Waals surface area contributed by atoms with E-state index in [4.69, 9.17) is 26.4 Å². The van der Waals surface area contributed by atoms with E-state index in [2.05, 4.69) is 15.3 Å². The lowest BCUT2D eigenvalue weighted by Crippen LogP contribution is -2.36. The molecule has 0 amide bonds. The standard InChI is InChI=1S/C21H25ClN6O2/c1-12-19(26-20-14(23-12)4-3-9-30-20)15-10-17-25-16(22)11-18(28(17)27-15)24-13-5-7-21(2,29)8-6-13/h10-11,13,24,29H,3-9H2,1-2H3. The monoisotopic (exact) mass is 428 g/mol. The van der Waals surface area contributed by atoms with Crippen LogP contribution in [0.25, 0.3) is 17.0 Å². The summed E-state index contributed by atoms with van der Waals surface area (Å²) < 4.78 is 7.46. The van der Waals surface area contributed by atoms with Crippen molar-refractivity contribution in [2.45, 2.75) is 64.0 Å². The molecule has 158 valence electrons. The fourth-order valence-electron chi connectivity index (χ4n) is 4.24. The molecule has 1 aliphatic carbocycles. The van der Waals surface area contributed by atoms with Gasteiger partial charge in [-0.3, -0.25) is 4.98 Å². The molecule has 0 saturated heterocycles. The first kappa shape index (κ1) is 19.5. The number of nitrogens with one attached hydrogen (secondary N) is 1. The third-order valence-corrected chi connectivity index (χ3v) is 6.15. The number of aliphatic hydroxyl groups is 1. The maximum Gasteiger partial charge on any atom is 0.236 e. The molecule has 0 aromatic carbocycles. The zero-order valence-corrected chi connectivity index (χ0v) is 17.9. The van der Waals surface area contributed by atoms with E-state index in [-0.39, 0.29) is 6.04 Å². The highest BCUT2D eigenvalue weighted by molar-refractivity contribution is 6.29. The molecule has 0 spiro atoms. The molecule has 0 atom stereocenters. The van der Waals surface area contributed by atoms with Gasteiger partial charge in [0.1, 0.15) is 28.1 Å². The van der Waals surface area contributed by atoms with Gasteiger partial charge in [0, 0.05) is 18.2 Å². The molecule has 0 radical (unpaired) electrons. The predicted octanol–water partition coefficient (Wildman–Crippen LogP) is 3.58. The minimum absolute atomic E-state index is 0.248. The summed E-state index contributed by atoms with van der Waals surface area (Å²) >= 11 is 6.29. The first-order valence-electron chi connectivity index (χ1n) is 10.4. The van der Waals surface area contributed by atoms with Gasteiger partial charge in [0.2, 0.25) is 5.88 Å². The van der Waals surface area contributed by atoms with Crippen molar-refractivity contribution in [1.29, 1.82) is 0 Å². The first-order chi connectivity index (χ1) is 14.4. The van der Waals surface area contributed by atoms with Gasteiger partial charge < -0.3 is 15.2 Å². The quantitative estimate of drug-likeness (QED) is 0.615. The van der Waals surface area contributed by atoms with Gasteiger partial charge in [-0.05, 0) is 52.4 Å². The van der Waals surface area contributed by atoms with Crippen LogP contribution < -0.4 is 10.1 Å². The average Bonchev–Trinajstić information content (AvgIpc) is 3.13. The molecule has 1 aliphatic heterocycles. The Kier molecular flexibility index (Phi) is 4.78. The summed E-state index contributed by atoms with van der Waals surface area (Å²) in [6.07, 6.45) is 5.14. The van der Waals surface area contributed by atoms with E-state index in [1.165, 1.54) is 0 Å². The van der Waals surface area contributed by atoms with Crippen LogP contribution in [0.4, 0.5) is 5.82 Å². The molecule has 0 unspecified atom stereocenters. The van der Waals surface area contributed by atoms with Gasteiger partial charge >= 0.3 is 0 Å². The molecule has 2 aliphatic rings. The zero-order chi connectivity index (χ0) is 20.9. The number of ether oxygens (including phenoxy) is 1. The van der Waals surface area contributed by atoms with Crippen LogP contribution in [-0.4, -0.2) is 47.9 Å². The number of aryl methyl sites for hydroxylation is 2. The summed E-state index contributed by atoms with van der Waals surface area (Å²) in [6, 6.07) is 3.90. The third-order valence-electron chi connectivity index (χ3n) is 5.96. The number of hydrogen-bond donors (Lipinski definition) is 2. The van der Waals surface area contributed by atoms with E-state index in [0.29, 0.717) is 34.7 Å². The van der Waals surface area contributed by atoms with Crippen molar-refractivity contribution in [2.75, 3.05) is 11.9 Å². The van der Waals surface area contributed by atoms with Gasteiger partial charge in [-0.2, -0.15) is 9.61 Å². The summed E-state index contributed by atoms with van der Waals surface area (Å²) in [7, 11) is 0. The van der Waals surface area contributed by atoms with E-state index >= 15 is 0 Å². The number of fused-ring (bicyclic) bond motifs is 2. The maximum atomic E-state index is 10.2. The average molecular weight is 429 g/mol. The SMILES string of the molecule is Cc1nc2c(nc1-c1cc3nc(Cl)cc(NC4CCC(C)(O)CC4)n3n1)OCCC2. The van der Waals surface area contributed by atoms with Crippen molar-refractivity contribution >= 4 is 23.1 Å². The Morgan fingerprint density at radius 3 is 2.83 bits per heavy atom. The molecule has 1 saturated carbocycles. The lowest BCUT2D eigenvalue weighted by atomic mass is 9.84. The van der Waals surface area contributed by atoms with Crippen molar-refractivity contribution in [3.8, 4) is 17.3 Å². The summed E-state index contributed by atoms with van der Waals surface area (Å²) in [5.74, 6) is 1.38. The normalized spacial score (nSPS) is 23.8. The van der Waals surface area contributed by atoms with Crippen LogP contribution in [0.3, 0.4) is 0 Å². The number of halogens is 1. The zero-order valence-electron chi connectivity index (χ0n) is 17.2. The minimum Gasteiger partial charge on any atom is -0.476 e. The van der Waals surface area contributed by atoms with Gasteiger partial charge in [-0.15, -0.1) is 0 Å². The number of nitrogens with zero attached hydrogens (tertiary/aromatic N) is 5. The van der Waals surface area contributed by atoms with Crippen LogP contribution in [0.1, 0.15) is 50.4 Å². The van der Waals surface area contributed by atoms with Gasteiger partial charge in [-0.1, -0.05) is 11.6 Å². The third kappa shape index (κ3) is 3.70. The number of rotatable bonds is 3. The van der Waals surface area contributed by atoms with Gasteiger partial charge in [0.15, 0.2) is 5.65 Å². The summed E-state index contributed by atoms with van der Waals surface area (Å²) in [5, 5.41) is 18.9. The predicted molar refractivity (Wildman–Crippen MR) is 114 cm³/mol. The Hall–Kier alpha value is -2.45. The Morgan fingerprint density at radius 2 is 2.03 bits per heavy atom. The van der Waals surface area contributed by atoms with E-state index in [9.17, 15) is 5.11 Å². The number of hydrogen-bond acceptors (Lipinski definition) is 7. The summed E-state index contributed by atoms with van der Waals surface area (Å²) in [4.78, 5) is 13.8. The lowest BCUT2D eigenvalue weighted by Gasteiger charge is -2.33. The molecule has 30 heavy (non-hydrogen) atoms. The van der Waals surface area contributed by atoms with E-state index < -0.39 is 5.60 Å². The Labute approximate surface area is 179 Å². The van der Waals surface area contributed by atoms with Crippen molar-refractivity contribution in [2.24, 2.45) is 0 Å². The van der Waals surface area contributed by atoms with E-state index in [1.807, 2.05) is 19.9 Å². The molecule has 8 nitrogen and oxygen atoms in total. The van der Waals surface area contributed by atoms with Crippen LogP contribution in [0.15, 0.2) is 12.1 Å². The topological polar surface area (TPSA) is 97.5 Å². The Bertz CT molecular complexity index is 1100. The van der Waals surface area contributed by atoms with Gasteiger partial charge in [0.05, 0.1) is 17.9 Å². The molecule has 3 aromatic heterocycles. The molecule has 4 heterocycles. The first-order valence-corrected chi connectivity index (χ1v) is 10.8. The molecule has 0 bridgehead atoms. The second-order valence-corrected chi connectivity index (χ2v) is 8.93. The molecular formula is C21H25ClN6O2. The van der Waals surface area contributed by atoms with Crippen molar-refractivity contribution in [3.63, 3.8) is 0 Å². The van der Waals surface area contributed by atoms with E-state index in [1.54, 1.807) is 10.6 Å². The minimum atomic E-state index is -0.576. The molecule has 3 aromatic rings. The molecule has 5 rings (SSSR count). The van der Waals surface area contributed by atoms with Gasteiger partial charge in [0.25, 0.3) is 0 Å². The van der Waals surface area contributed by atoms with Crippen LogP contribution >= 0.6 is 11.6 Å². The second kappa shape index (κ2) is 7.35. The maximum absolute atomic E-state index is 10.2. The molecular weight excluding hydrogens is 404 g/mol.